The van der Waals surface area contributed by atoms with Gasteiger partial charge in [0.1, 0.15) is 11.2 Å². The minimum Gasteiger partial charge on any atom is -0.343 e. The van der Waals surface area contributed by atoms with E-state index < -0.39 is 5.54 Å². The van der Waals surface area contributed by atoms with Crippen molar-refractivity contribution in [2.24, 2.45) is 0 Å². The summed E-state index contributed by atoms with van der Waals surface area (Å²) in [5, 5.41) is 3.27. The van der Waals surface area contributed by atoms with E-state index in [1.54, 1.807) is 36.3 Å². The number of nitrogens with one attached hydrogen (secondary N) is 1. The van der Waals surface area contributed by atoms with Gasteiger partial charge in [0.15, 0.2) is 0 Å². The first kappa shape index (κ1) is 20.8. The molecule has 31 heavy (non-hydrogen) atoms. The zero-order chi connectivity index (χ0) is 21.7. The molecule has 2 aromatic carbocycles. The molecule has 1 heterocycles. The van der Waals surface area contributed by atoms with E-state index in [-0.39, 0.29) is 17.9 Å². The van der Waals surface area contributed by atoms with E-state index in [0.717, 1.165) is 24.0 Å². The molecular formula is C26H27N3O2. The SMILES string of the molecule is CN(C(=O)c1ccccn1)C1(C(=O)NC(c2ccccc2)c2ccccc2)CCCC1. The van der Waals surface area contributed by atoms with Crippen molar-refractivity contribution in [1.29, 1.82) is 0 Å². The lowest BCUT2D eigenvalue weighted by molar-refractivity contribution is -0.131. The number of carbonyl (C=O) groups is 2. The van der Waals surface area contributed by atoms with Crippen LogP contribution in [0.5, 0.6) is 0 Å². The van der Waals surface area contributed by atoms with E-state index >= 15 is 0 Å². The highest BCUT2D eigenvalue weighted by Crippen LogP contribution is 2.36. The van der Waals surface area contributed by atoms with Crippen LogP contribution in [0.4, 0.5) is 0 Å². The topological polar surface area (TPSA) is 62.3 Å². The fourth-order valence-corrected chi connectivity index (χ4v) is 4.45. The molecule has 0 aliphatic heterocycles. The van der Waals surface area contributed by atoms with Gasteiger partial charge in [0.25, 0.3) is 5.91 Å². The van der Waals surface area contributed by atoms with Crippen molar-refractivity contribution in [1.82, 2.24) is 15.2 Å². The molecule has 1 aliphatic carbocycles. The minimum absolute atomic E-state index is 0.116. The zero-order valence-electron chi connectivity index (χ0n) is 17.7. The number of carbonyl (C=O) groups excluding carboxylic acids is 2. The molecule has 1 saturated carbocycles. The molecule has 5 heteroatoms. The highest BCUT2D eigenvalue weighted by molar-refractivity contribution is 5.98. The van der Waals surface area contributed by atoms with Crippen LogP contribution >= 0.6 is 0 Å². The smallest absolute Gasteiger partial charge is 0.273 e. The molecule has 3 aromatic rings. The summed E-state index contributed by atoms with van der Waals surface area (Å²) in [6, 6.07) is 24.8. The van der Waals surface area contributed by atoms with Gasteiger partial charge in [-0.1, -0.05) is 79.6 Å². The quantitative estimate of drug-likeness (QED) is 0.653. The lowest BCUT2D eigenvalue weighted by atomic mass is 9.91. The second kappa shape index (κ2) is 9.13. The normalized spacial score (nSPS) is 14.9. The predicted molar refractivity (Wildman–Crippen MR) is 120 cm³/mol. The molecule has 4 rings (SSSR count). The zero-order valence-corrected chi connectivity index (χ0v) is 17.7. The first-order valence-electron chi connectivity index (χ1n) is 10.7. The van der Waals surface area contributed by atoms with Gasteiger partial charge >= 0.3 is 0 Å². The maximum absolute atomic E-state index is 13.8. The number of hydrogen-bond donors (Lipinski definition) is 1. The van der Waals surface area contributed by atoms with E-state index in [2.05, 4.69) is 10.3 Å². The molecular weight excluding hydrogens is 386 g/mol. The largest absolute Gasteiger partial charge is 0.343 e. The molecule has 2 amide bonds. The van der Waals surface area contributed by atoms with Crippen LogP contribution in [0.3, 0.4) is 0 Å². The van der Waals surface area contributed by atoms with Crippen LogP contribution in [0.1, 0.15) is 53.3 Å². The molecule has 5 nitrogen and oxygen atoms in total. The van der Waals surface area contributed by atoms with E-state index in [9.17, 15) is 9.59 Å². The number of hydrogen-bond acceptors (Lipinski definition) is 3. The van der Waals surface area contributed by atoms with E-state index in [0.29, 0.717) is 18.5 Å². The standard InChI is InChI=1S/C26H27N3O2/c1-29(24(30)22-16-8-11-19-27-22)26(17-9-10-18-26)25(31)28-23(20-12-4-2-5-13-20)21-14-6-3-7-15-21/h2-8,11-16,19,23H,9-10,17-18H2,1H3,(H,28,31). The van der Waals surface area contributed by atoms with Crippen LogP contribution in [-0.4, -0.2) is 34.3 Å². The molecule has 1 N–H and O–H groups in total. The van der Waals surface area contributed by atoms with Crippen LogP contribution in [0, 0.1) is 0 Å². The van der Waals surface area contributed by atoms with Crippen LogP contribution < -0.4 is 5.32 Å². The molecule has 158 valence electrons. The Balaban J connectivity index is 1.65. The lowest BCUT2D eigenvalue weighted by Gasteiger charge is -2.38. The number of pyridine rings is 1. The Morgan fingerprint density at radius 3 is 1.94 bits per heavy atom. The Morgan fingerprint density at radius 1 is 0.871 bits per heavy atom. The third kappa shape index (κ3) is 4.22. The number of likely N-dealkylation sites (N-methyl/N-ethyl adjacent to an activating group) is 1. The highest BCUT2D eigenvalue weighted by Gasteiger charge is 2.47. The van der Waals surface area contributed by atoms with Gasteiger partial charge in [0, 0.05) is 13.2 Å². The Labute approximate surface area is 183 Å². The predicted octanol–water partition coefficient (Wildman–Crippen LogP) is 4.37. The molecule has 0 saturated heterocycles. The van der Waals surface area contributed by atoms with Crippen LogP contribution in [0.15, 0.2) is 85.1 Å². The Morgan fingerprint density at radius 2 is 1.42 bits per heavy atom. The Bertz CT molecular complexity index is 977. The first-order valence-corrected chi connectivity index (χ1v) is 10.7. The summed E-state index contributed by atoms with van der Waals surface area (Å²) in [6.07, 6.45) is 4.71. The summed E-state index contributed by atoms with van der Waals surface area (Å²) in [6.45, 7) is 0. The summed E-state index contributed by atoms with van der Waals surface area (Å²) in [5.74, 6) is -0.344. The Kier molecular flexibility index (Phi) is 6.12. The third-order valence-corrected chi connectivity index (χ3v) is 6.23. The first-order chi connectivity index (χ1) is 15.1. The summed E-state index contributed by atoms with van der Waals surface area (Å²) in [7, 11) is 1.72. The summed E-state index contributed by atoms with van der Waals surface area (Å²) in [5.41, 5.74) is 1.49. The van der Waals surface area contributed by atoms with E-state index in [1.807, 2.05) is 60.7 Å². The second-order valence-electron chi connectivity index (χ2n) is 8.05. The third-order valence-electron chi connectivity index (χ3n) is 6.23. The van der Waals surface area contributed by atoms with Crippen molar-refractivity contribution in [3.05, 3.63) is 102 Å². The van der Waals surface area contributed by atoms with E-state index in [1.165, 1.54) is 0 Å². The van der Waals surface area contributed by atoms with Crippen LogP contribution in [0.25, 0.3) is 0 Å². The highest BCUT2D eigenvalue weighted by atomic mass is 16.2. The maximum Gasteiger partial charge on any atom is 0.273 e. The summed E-state index contributed by atoms with van der Waals surface area (Å²) in [4.78, 5) is 32.7. The number of rotatable bonds is 6. The van der Waals surface area contributed by atoms with Gasteiger partial charge in [-0.25, -0.2) is 0 Å². The molecule has 1 fully saturated rings. The van der Waals surface area contributed by atoms with Crippen molar-refractivity contribution in [3.63, 3.8) is 0 Å². The Hall–Kier alpha value is -3.47. The number of nitrogens with zero attached hydrogens (tertiary/aromatic N) is 2. The number of amides is 2. The fraction of sp³-hybridized carbons (Fsp3) is 0.269. The van der Waals surface area contributed by atoms with Gasteiger partial charge < -0.3 is 10.2 Å². The lowest BCUT2D eigenvalue weighted by Crippen LogP contribution is -2.58. The summed E-state index contributed by atoms with van der Waals surface area (Å²) < 4.78 is 0. The van der Waals surface area contributed by atoms with Crippen LogP contribution in [-0.2, 0) is 4.79 Å². The molecule has 0 radical (unpaired) electrons. The number of benzene rings is 2. The molecule has 0 bridgehead atoms. The van der Waals surface area contributed by atoms with E-state index in [4.69, 9.17) is 0 Å². The molecule has 0 spiro atoms. The molecule has 0 unspecified atom stereocenters. The van der Waals surface area contributed by atoms with Gasteiger partial charge in [0.2, 0.25) is 5.91 Å². The van der Waals surface area contributed by atoms with Gasteiger partial charge in [0.05, 0.1) is 6.04 Å². The van der Waals surface area contributed by atoms with Crippen molar-refractivity contribution in [2.45, 2.75) is 37.3 Å². The summed E-state index contributed by atoms with van der Waals surface area (Å²) >= 11 is 0. The monoisotopic (exact) mass is 413 g/mol. The van der Waals surface area contributed by atoms with Gasteiger partial charge in [-0.3, -0.25) is 14.6 Å². The van der Waals surface area contributed by atoms with Crippen LogP contribution in [0.2, 0.25) is 0 Å². The maximum atomic E-state index is 13.8. The second-order valence-corrected chi connectivity index (χ2v) is 8.05. The fourth-order valence-electron chi connectivity index (χ4n) is 4.45. The van der Waals surface area contributed by atoms with Gasteiger partial charge in [-0.15, -0.1) is 0 Å². The molecule has 1 aromatic heterocycles. The van der Waals surface area contributed by atoms with Crippen molar-refractivity contribution in [3.8, 4) is 0 Å². The van der Waals surface area contributed by atoms with Crippen molar-refractivity contribution >= 4 is 11.8 Å². The number of aromatic nitrogens is 1. The minimum atomic E-state index is -0.879. The molecule has 0 atom stereocenters. The van der Waals surface area contributed by atoms with Crippen molar-refractivity contribution in [2.75, 3.05) is 7.05 Å². The average molecular weight is 414 g/mol. The van der Waals surface area contributed by atoms with Crippen molar-refractivity contribution < 1.29 is 9.59 Å². The van der Waals surface area contributed by atoms with Gasteiger partial charge in [-0.05, 0) is 36.1 Å². The average Bonchev–Trinajstić information content (AvgIpc) is 3.34. The molecule has 1 aliphatic rings. The van der Waals surface area contributed by atoms with Gasteiger partial charge in [-0.2, -0.15) is 0 Å².